The number of aromatic nitrogens is 1. The maximum atomic E-state index is 13.4. The zero-order valence-electron chi connectivity index (χ0n) is 20.5. The lowest BCUT2D eigenvalue weighted by atomic mass is 9.95. The lowest BCUT2D eigenvalue weighted by Crippen LogP contribution is -2.29. The Morgan fingerprint density at radius 2 is 1.75 bits per heavy atom. The van der Waals surface area contributed by atoms with Crippen molar-refractivity contribution in [2.75, 3.05) is 4.90 Å². The van der Waals surface area contributed by atoms with Crippen LogP contribution in [0.2, 0.25) is 0 Å². The lowest BCUT2D eigenvalue weighted by molar-refractivity contribution is -0.384. The fraction of sp³-hybridized carbons (Fsp3) is 0.0741. The molecule has 5 rings (SSSR count). The molecule has 13 heteroatoms. The molecule has 202 valence electrons. The standard InChI is InChI=1S/C27H18BrN3O7S2/c1-15-5-7-16(8-6-15)24(32)22-23(17-3-2-4-18(28)13-17)30(26(34)25(22)33)27-29-14-21(39-27)40(37,38)20-11-9-19(10-12-20)31(35)36/h2-14,23,32H,1H3/b24-22+. The predicted molar refractivity (Wildman–Crippen MR) is 151 cm³/mol. The summed E-state index contributed by atoms with van der Waals surface area (Å²) in [4.78, 5) is 42.1. The van der Waals surface area contributed by atoms with E-state index in [1.807, 2.05) is 6.92 Å². The summed E-state index contributed by atoms with van der Waals surface area (Å²) >= 11 is 4.06. The number of non-ortho nitro benzene ring substituents is 1. The second-order valence-electron chi connectivity index (χ2n) is 8.81. The Morgan fingerprint density at radius 3 is 2.38 bits per heavy atom. The van der Waals surface area contributed by atoms with Crippen LogP contribution in [-0.4, -0.2) is 35.1 Å². The molecule has 1 N–H and O–H groups in total. The summed E-state index contributed by atoms with van der Waals surface area (Å²) in [7, 11) is -4.15. The maximum Gasteiger partial charge on any atom is 0.301 e. The number of sulfone groups is 1. The van der Waals surface area contributed by atoms with E-state index in [4.69, 9.17) is 0 Å². The molecule has 1 unspecified atom stereocenters. The number of amides is 1. The van der Waals surface area contributed by atoms with Gasteiger partial charge in [-0.05, 0) is 36.8 Å². The number of hydrogen-bond acceptors (Lipinski definition) is 9. The quantitative estimate of drug-likeness (QED) is 0.0945. The fourth-order valence-corrected chi connectivity index (χ4v) is 7.20. The number of anilines is 1. The van der Waals surface area contributed by atoms with Crippen LogP contribution in [0.1, 0.15) is 22.7 Å². The number of rotatable bonds is 6. The fourth-order valence-electron chi connectivity index (χ4n) is 4.24. The molecule has 0 aliphatic carbocycles. The summed E-state index contributed by atoms with van der Waals surface area (Å²) in [5, 5.41) is 22.1. The molecular formula is C27H18BrN3O7S2. The Labute approximate surface area is 240 Å². The van der Waals surface area contributed by atoms with Crippen molar-refractivity contribution in [2.24, 2.45) is 0 Å². The van der Waals surface area contributed by atoms with Gasteiger partial charge >= 0.3 is 5.91 Å². The van der Waals surface area contributed by atoms with E-state index in [0.29, 0.717) is 26.9 Å². The summed E-state index contributed by atoms with van der Waals surface area (Å²) in [6, 6.07) is 16.9. The van der Waals surface area contributed by atoms with Gasteiger partial charge in [-0.2, -0.15) is 0 Å². The SMILES string of the molecule is Cc1ccc(/C(O)=C2\C(=O)C(=O)N(c3ncc(S(=O)(=O)c4ccc([N+](=O)[O-])cc4)s3)C2c2cccc(Br)c2)cc1. The first kappa shape index (κ1) is 27.4. The van der Waals surface area contributed by atoms with E-state index in [-0.39, 0.29) is 31.3 Å². The lowest BCUT2D eigenvalue weighted by Gasteiger charge is -2.23. The molecule has 1 amide bonds. The Morgan fingerprint density at radius 1 is 1.07 bits per heavy atom. The summed E-state index contributed by atoms with van der Waals surface area (Å²) in [5.41, 5.74) is 1.32. The molecule has 1 aliphatic rings. The third-order valence-electron chi connectivity index (χ3n) is 6.23. The molecule has 1 saturated heterocycles. The molecule has 10 nitrogen and oxygen atoms in total. The number of aliphatic hydroxyl groups excluding tert-OH is 1. The van der Waals surface area contributed by atoms with Crippen molar-refractivity contribution < 1.29 is 28.0 Å². The minimum absolute atomic E-state index is 0.0736. The van der Waals surface area contributed by atoms with E-state index in [1.165, 1.54) is 0 Å². The third kappa shape index (κ3) is 4.83. The second kappa shape index (κ2) is 10.4. The van der Waals surface area contributed by atoms with E-state index in [1.54, 1.807) is 48.5 Å². The average Bonchev–Trinajstić information content (AvgIpc) is 3.52. The highest BCUT2D eigenvalue weighted by molar-refractivity contribution is 9.10. The van der Waals surface area contributed by atoms with Crippen molar-refractivity contribution in [3.05, 3.63) is 116 Å². The number of aliphatic hydroxyl groups is 1. The number of nitrogens with zero attached hydrogens (tertiary/aromatic N) is 3. The van der Waals surface area contributed by atoms with Crippen LogP contribution in [0.5, 0.6) is 0 Å². The minimum atomic E-state index is -4.15. The van der Waals surface area contributed by atoms with Crippen LogP contribution in [-0.2, 0) is 19.4 Å². The molecule has 1 atom stereocenters. The van der Waals surface area contributed by atoms with Crippen molar-refractivity contribution in [3.63, 3.8) is 0 Å². The van der Waals surface area contributed by atoms with E-state index in [2.05, 4.69) is 20.9 Å². The third-order valence-corrected chi connectivity index (χ3v) is 9.96. The minimum Gasteiger partial charge on any atom is -0.507 e. The molecule has 0 spiro atoms. The first-order chi connectivity index (χ1) is 19.0. The molecule has 0 saturated carbocycles. The Bertz CT molecular complexity index is 1820. The summed E-state index contributed by atoms with van der Waals surface area (Å²) in [6.07, 6.45) is 1.06. The smallest absolute Gasteiger partial charge is 0.301 e. The highest BCUT2D eigenvalue weighted by atomic mass is 79.9. The largest absolute Gasteiger partial charge is 0.507 e. The molecular weight excluding hydrogens is 622 g/mol. The van der Waals surface area contributed by atoms with Gasteiger partial charge in [-0.3, -0.25) is 24.6 Å². The number of hydrogen-bond donors (Lipinski definition) is 1. The second-order valence-corrected chi connectivity index (χ2v) is 12.9. The Hall–Kier alpha value is -4.20. The number of nitro benzene ring substituents is 1. The molecule has 3 aromatic carbocycles. The average molecular weight is 640 g/mol. The van der Waals surface area contributed by atoms with Gasteiger partial charge in [0, 0.05) is 22.2 Å². The van der Waals surface area contributed by atoms with Gasteiger partial charge in [-0.15, -0.1) is 0 Å². The summed E-state index contributed by atoms with van der Waals surface area (Å²) in [5.74, 6) is -2.30. The molecule has 40 heavy (non-hydrogen) atoms. The van der Waals surface area contributed by atoms with Gasteiger partial charge in [0.1, 0.15) is 9.97 Å². The van der Waals surface area contributed by atoms with E-state index >= 15 is 0 Å². The highest BCUT2D eigenvalue weighted by Gasteiger charge is 2.48. The van der Waals surface area contributed by atoms with Crippen molar-refractivity contribution in [1.82, 2.24) is 4.98 Å². The Kier molecular flexibility index (Phi) is 7.12. The molecule has 1 aromatic heterocycles. The maximum absolute atomic E-state index is 13.4. The van der Waals surface area contributed by atoms with Crippen LogP contribution < -0.4 is 4.90 Å². The van der Waals surface area contributed by atoms with Crippen molar-refractivity contribution >= 4 is 65.4 Å². The number of halogens is 1. The van der Waals surface area contributed by atoms with Crippen LogP contribution in [0, 0.1) is 17.0 Å². The van der Waals surface area contributed by atoms with Gasteiger partial charge < -0.3 is 5.11 Å². The monoisotopic (exact) mass is 639 g/mol. The highest BCUT2D eigenvalue weighted by Crippen LogP contribution is 2.44. The van der Waals surface area contributed by atoms with E-state index in [0.717, 1.165) is 40.9 Å². The van der Waals surface area contributed by atoms with Crippen LogP contribution in [0.25, 0.3) is 5.76 Å². The van der Waals surface area contributed by atoms with Gasteiger partial charge in [-0.25, -0.2) is 13.4 Å². The Balaban J connectivity index is 1.62. The predicted octanol–water partition coefficient (Wildman–Crippen LogP) is 5.58. The number of carbonyl (C=O) groups excluding carboxylic acids is 2. The topological polar surface area (TPSA) is 148 Å². The van der Waals surface area contributed by atoms with E-state index in [9.17, 15) is 33.2 Å². The van der Waals surface area contributed by atoms with Crippen LogP contribution >= 0.6 is 27.3 Å². The molecule has 1 fully saturated rings. The normalized spacial score (nSPS) is 16.9. The first-order valence-electron chi connectivity index (χ1n) is 11.6. The van der Waals surface area contributed by atoms with Crippen LogP contribution in [0.15, 0.2) is 98.1 Å². The van der Waals surface area contributed by atoms with Crippen LogP contribution in [0.4, 0.5) is 10.8 Å². The number of carbonyl (C=O) groups is 2. The molecule has 1 aliphatic heterocycles. The summed E-state index contributed by atoms with van der Waals surface area (Å²) in [6.45, 7) is 1.87. The van der Waals surface area contributed by atoms with E-state index < -0.39 is 32.5 Å². The van der Waals surface area contributed by atoms with Crippen molar-refractivity contribution in [2.45, 2.75) is 22.1 Å². The number of Topliss-reactive ketones (excluding diaryl/α,β-unsaturated/α-hetero) is 1. The number of ketones is 1. The number of aryl methyl sites for hydroxylation is 1. The number of nitro groups is 1. The van der Waals surface area contributed by atoms with Crippen molar-refractivity contribution in [1.29, 1.82) is 0 Å². The van der Waals surface area contributed by atoms with Gasteiger partial charge in [0.25, 0.3) is 11.5 Å². The molecule has 2 heterocycles. The van der Waals surface area contributed by atoms with Crippen molar-refractivity contribution in [3.8, 4) is 0 Å². The number of benzene rings is 3. The molecule has 0 bridgehead atoms. The van der Waals surface area contributed by atoms with Gasteiger partial charge in [0.2, 0.25) is 9.84 Å². The summed E-state index contributed by atoms with van der Waals surface area (Å²) < 4.78 is 26.9. The van der Waals surface area contributed by atoms with Crippen LogP contribution in [0.3, 0.4) is 0 Å². The molecule has 0 radical (unpaired) electrons. The zero-order chi connectivity index (χ0) is 28.8. The zero-order valence-corrected chi connectivity index (χ0v) is 23.7. The number of thiazole rings is 1. The first-order valence-corrected chi connectivity index (χ1v) is 14.7. The van der Waals surface area contributed by atoms with Gasteiger partial charge in [0.15, 0.2) is 5.13 Å². The molecule has 4 aromatic rings. The van der Waals surface area contributed by atoms with Gasteiger partial charge in [-0.1, -0.05) is 69.2 Å². The van der Waals surface area contributed by atoms with Gasteiger partial charge in [0.05, 0.1) is 27.6 Å².